The molecule has 138 valence electrons. The van der Waals surface area contributed by atoms with E-state index < -0.39 is 0 Å². The molecule has 0 saturated heterocycles. The van der Waals surface area contributed by atoms with Gasteiger partial charge in [-0.25, -0.2) is 0 Å². The number of fused-ring (bicyclic) bond motifs is 5. The molecule has 4 aromatic rings. The summed E-state index contributed by atoms with van der Waals surface area (Å²) in [5, 5.41) is 2.68. The Balaban J connectivity index is 1.73. The van der Waals surface area contributed by atoms with Crippen molar-refractivity contribution in [2.45, 2.75) is 39.0 Å². The van der Waals surface area contributed by atoms with Crippen LogP contribution in [0.15, 0.2) is 72.9 Å². The van der Waals surface area contributed by atoms with Crippen molar-refractivity contribution in [1.29, 1.82) is 0 Å². The fourth-order valence-corrected chi connectivity index (χ4v) is 4.74. The molecule has 1 aliphatic rings. The number of hydrogen-bond donors (Lipinski definition) is 0. The van der Waals surface area contributed by atoms with Gasteiger partial charge in [-0.1, -0.05) is 76.2 Å². The molecule has 0 aliphatic heterocycles. The van der Waals surface area contributed by atoms with Crippen LogP contribution in [0.3, 0.4) is 0 Å². The minimum absolute atomic E-state index is 0.00271. The molecule has 1 aliphatic carbocycles. The zero-order valence-corrected chi connectivity index (χ0v) is 17.0. The Kier molecular flexibility index (Phi) is 3.71. The molecule has 5 rings (SSSR count). The van der Waals surface area contributed by atoms with Crippen molar-refractivity contribution in [1.82, 2.24) is 4.98 Å². The summed E-state index contributed by atoms with van der Waals surface area (Å²) in [4.78, 5) is 4.66. The van der Waals surface area contributed by atoms with Gasteiger partial charge in [-0.05, 0) is 62.7 Å². The fourth-order valence-electron chi connectivity index (χ4n) is 4.74. The first kappa shape index (κ1) is 17.2. The molecule has 0 N–H and O–H groups in total. The highest BCUT2D eigenvalue weighted by Crippen LogP contribution is 2.51. The molecule has 0 fully saturated rings. The van der Waals surface area contributed by atoms with E-state index in [4.69, 9.17) is 0 Å². The van der Waals surface area contributed by atoms with Crippen molar-refractivity contribution >= 4 is 10.8 Å². The van der Waals surface area contributed by atoms with Crippen LogP contribution in [0.2, 0.25) is 0 Å². The van der Waals surface area contributed by atoms with Crippen molar-refractivity contribution in [2.75, 3.05) is 0 Å². The third-order valence-electron chi connectivity index (χ3n) is 6.28. The van der Waals surface area contributed by atoms with Gasteiger partial charge < -0.3 is 0 Å². The highest BCUT2D eigenvalue weighted by Gasteiger charge is 2.36. The van der Waals surface area contributed by atoms with Crippen LogP contribution in [-0.4, -0.2) is 4.98 Å². The lowest BCUT2D eigenvalue weighted by atomic mass is 9.80. The molecule has 1 heterocycles. The van der Waals surface area contributed by atoms with E-state index in [-0.39, 0.29) is 5.41 Å². The number of aromatic nitrogens is 1. The van der Waals surface area contributed by atoms with Gasteiger partial charge in [0.1, 0.15) is 0 Å². The molecule has 0 atom stereocenters. The van der Waals surface area contributed by atoms with Crippen molar-refractivity contribution in [3.8, 4) is 22.4 Å². The zero-order chi connectivity index (χ0) is 19.5. The second kappa shape index (κ2) is 6.04. The summed E-state index contributed by atoms with van der Waals surface area (Å²) >= 11 is 0. The van der Waals surface area contributed by atoms with Gasteiger partial charge in [-0.3, -0.25) is 4.98 Å². The Bertz CT molecular complexity index is 1210. The Morgan fingerprint density at radius 2 is 1.64 bits per heavy atom. The quantitative estimate of drug-likeness (QED) is 0.363. The second-order valence-electron chi connectivity index (χ2n) is 8.72. The molecule has 0 spiro atoms. The van der Waals surface area contributed by atoms with Crippen LogP contribution in [-0.2, 0) is 5.41 Å². The summed E-state index contributed by atoms with van der Waals surface area (Å²) in [6.45, 7) is 9.15. The van der Waals surface area contributed by atoms with Crippen molar-refractivity contribution in [3.63, 3.8) is 0 Å². The van der Waals surface area contributed by atoms with Crippen LogP contribution in [0.25, 0.3) is 33.2 Å². The third kappa shape index (κ3) is 2.43. The highest BCUT2D eigenvalue weighted by atomic mass is 14.7. The van der Waals surface area contributed by atoms with E-state index in [1.165, 1.54) is 44.2 Å². The first-order valence-electron chi connectivity index (χ1n) is 10.1. The van der Waals surface area contributed by atoms with E-state index in [0.29, 0.717) is 5.92 Å². The molecule has 28 heavy (non-hydrogen) atoms. The predicted octanol–water partition coefficient (Wildman–Crippen LogP) is 7.33. The monoisotopic (exact) mass is 363 g/mol. The Labute approximate surface area is 167 Å². The molecule has 0 saturated carbocycles. The molecule has 0 bridgehead atoms. The van der Waals surface area contributed by atoms with Crippen LogP contribution in [0.5, 0.6) is 0 Å². The fraction of sp³-hybridized carbons (Fsp3) is 0.222. The summed E-state index contributed by atoms with van der Waals surface area (Å²) in [5.74, 6) is 0.502. The van der Waals surface area contributed by atoms with Crippen molar-refractivity contribution in [2.24, 2.45) is 0 Å². The standard InChI is InChI=1S/C27H25N/c1-17(2)19-13-14-28-25(16-19)20-10-12-24-23(15-20)22-11-9-18-7-5-6-8-21(18)26(22)27(24,3)4/h5-17H,1-4H3. The molecule has 0 amide bonds. The first-order valence-corrected chi connectivity index (χ1v) is 10.1. The smallest absolute Gasteiger partial charge is 0.0705 e. The van der Waals surface area contributed by atoms with Crippen LogP contribution < -0.4 is 0 Å². The molecule has 1 aromatic heterocycles. The highest BCUT2D eigenvalue weighted by molar-refractivity contribution is 5.98. The largest absolute Gasteiger partial charge is 0.256 e. The van der Waals surface area contributed by atoms with Gasteiger partial charge in [0.15, 0.2) is 0 Å². The second-order valence-corrected chi connectivity index (χ2v) is 8.72. The van der Waals surface area contributed by atoms with E-state index in [1.807, 2.05) is 6.20 Å². The molecular formula is C27H25N. The lowest BCUT2D eigenvalue weighted by Crippen LogP contribution is -2.15. The van der Waals surface area contributed by atoms with Crippen LogP contribution in [0.1, 0.15) is 50.3 Å². The molecule has 0 unspecified atom stereocenters. The van der Waals surface area contributed by atoms with E-state index in [1.54, 1.807) is 0 Å². The zero-order valence-electron chi connectivity index (χ0n) is 17.0. The van der Waals surface area contributed by atoms with Crippen molar-refractivity contribution < 1.29 is 0 Å². The van der Waals surface area contributed by atoms with Gasteiger partial charge in [-0.15, -0.1) is 0 Å². The summed E-state index contributed by atoms with van der Waals surface area (Å²) in [6.07, 6.45) is 1.93. The van der Waals surface area contributed by atoms with Crippen LogP contribution in [0, 0.1) is 0 Å². The maximum Gasteiger partial charge on any atom is 0.0705 e. The molecule has 3 aromatic carbocycles. The topological polar surface area (TPSA) is 12.9 Å². The lowest BCUT2D eigenvalue weighted by molar-refractivity contribution is 0.666. The number of hydrogen-bond acceptors (Lipinski definition) is 1. The van der Waals surface area contributed by atoms with Gasteiger partial charge in [0.05, 0.1) is 5.69 Å². The predicted molar refractivity (Wildman–Crippen MR) is 119 cm³/mol. The minimum Gasteiger partial charge on any atom is -0.256 e. The van der Waals surface area contributed by atoms with E-state index >= 15 is 0 Å². The van der Waals surface area contributed by atoms with Crippen molar-refractivity contribution in [3.05, 3.63) is 89.6 Å². The first-order chi connectivity index (χ1) is 13.5. The SMILES string of the molecule is CC(C)c1ccnc(-c2ccc3c(c2)-c2ccc4ccccc4c2C3(C)C)c1. The van der Waals surface area contributed by atoms with Gasteiger partial charge in [-0.2, -0.15) is 0 Å². The van der Waals surface area contributed by atoms with Gasteiger partial charge >= 0.3 is 0 Å². The van der Waals surface area contributed by atoms with E-state index in [2.05, 4.69) is 99.4 Å². The molecule has 0 radical (unpaired) electrons. The molecule has 1 nitrogen and oxygen atoms in total. The lowest BCUT2D eigenvalue weighted by Gasteiger charge is -2.23. The minimum atomic E-state index is -0.00271. The van der Waals surface area contributed by atoms with E-state index in [9.17, 15) is 0 Å². The molecule has 1 heteroatoms. The van der Waals surface area contributed by atoms with Crippen LogP contribution in [0.4, 0.5) is 0 Å². The number of pyridine rings is 1. The molecular weight excluding hydrogens is 338 g/mol. The Hall–Kier alpha value is -2.93. The number of rotatable bonds is 2. The van der Waals surface area contributed by atoms with Crippen LogP contribution >= 0.6 is 0 Å². The average Bonchev–Trinajstić information content (AvgIpc) is 2.95. The maximum atomic E-state index is 4.66. The number of nitrogens with zero attached hydrogens (tertiary/aromatic N) is 1. The Morgan fingerprint density at radius 3 is 2.46 bits per heavy atom. The maximum absolute atomic E-state index is 4.66. The van der Waals surface area contributed by atoms with Gasteiger partial charge in [0.25, 0.3) is 0 Å². The van der Waals surface area contributed by atoms with E-state index in [0.717, 1.165) is 5.69 Å². The van der Waals surface area contributed by atoms with Gasteiger partial charge in [0, 0.05) is 17.2 Å². The number of benzene rings is 3. The Morgan fingerprint density at radius 1 is 0.821 bits per heavy atom. The summed E-state index contributed by atoms with van der Waals surface area (Å²) in [7, 11) is 0. The normalized spacial score (nSPS) is 14.3. The summed E-state index contributed by atoms with van der Waals surface area (Å²) in [5.41, 5.74) is 9.14. The van der Waals surface area contributed by atoms with Gasteiger partial charge in [0.2, 0.25) is 0 Å². The average molecular weight is 364 g/mol. The third-order valence-corrected chi connectivity index (χ3v) is 6.28. The summed E-state index contributed by atoms with van der Waals surface area (Å²) in [6, 6.07) is 24.5. The summed E-state index contributed by atoms with van der Waals surface area (Å²) < 4.78 is 0.